The number of nitrogens with two attached hydrogens (primary N) is 1. The molecule has 0 aliphatic rings. The van der Waals surface area contributed by atoms with Crippen LogP contribution >= 0.6 is 0 Å². The van der Waals surface area contributed by atoms with Crippen molar-refractivity contribution in [2.45, 2.75) is 76.7 Å². The van der Waals surface area contributed by atoms with Crippen LogP contribution in [0.5, 0.6) is 0 Å². The monoisotopic (exact) mass is 300 g/mol. The maximum Gasteiger partial charge on any atom is 0.331 e. The minimum absolute atomic E-state index is 0.204. The predicted molar refractivity (Wildman–Crippen MR) is 85.3 cm³/mol. The average molecular weight is 300 g/mol. The van der Waals surface area contributed by atoms with E-state index in [1.165, 1.54) is 19.3 Å². The first-order chi connectivity index (χ1) is 10.0. The van der Waals surface area contributed by atoms with Crippen molar-refractivity contribution in [2.24, 2.45) is 5.73 Å². The lowest BCUT2D eigenvalue weighted by molar-refractivity contribution is -0.150. The first-order valence-electron chi connectivity index (χ1n) is 8.20. The summed E-state index contributed by atoms with van der Waals surface area (Å²) < 4.78 is 0. The van der Waals surface area contributed by atoms with Crippen LogP contribution in [0.1, 0.15) is 71.1 Å². The lowest BCUT2D eigenvalue weighted by Crippen LogP contribution is -2.56. The van der Waals surface area contributed by atoms with Crippen LogP contribution in [0.4, 0.5) is 0 Å². The molecule has 124 valence electrons. The Morgan fingerprint density at radius 1 is 1.05 bits per heavy atom. The van der Waals surface area contributed by atoms with E-state index in [4.69, 9.17) is 5.73 Å². The van der Waals surface area contributed by atoms with Gasteiger partial charge in [0.05, 0.1) is 0 Å². The van der Waals surface area contributed by atoms with Gasteiger partial charge in [-0.3, -0.25) is 10.1 Å². The molecule has 0 radical (unpaired) electrons. The number of carbonyl (C=O) groups is 2. The molecule has 0 unspecified atom stereocenters. The number of hydrogen-bond donors (Lipinski definition) is 3. The number of hydrogen-bond acceptors (Lipinski definition) is 4. The van der Waals surface area contributed by atoms with Crippen molar-refractivity contribution in [1.29, 1.82) is 0 Å². The molecule has 0 aromatic heterocycles. The van der Waals surface area contributed by atoms with Gasteiger partial charge in [0.2, 0.25) is 0 Å². The third-order valence-corrected chi connectivity index (χ3v) is 4.03. The number of carboxylic acid groups (broad SMARTS) is 1. The fourth-order valence-corrected chi connectivity index (χ4v) is 2.55. The lowest BCUT2D eigenvalue weighted by atomic mass is 9.85. The number of ketones is 1. The van der Waals surface area contributed by atoms with Crippen LogP contribution in [0.15, 0.2) is 0 Å². The molecule has 0 heterocycles. The van der Waals surface area contributed by atoms with Gasteiger partial charge in [-0.05, 0) is 39.3 Å². The number of rotatable bonds is 14. The minimum Gasteiger partial charge on any atom is -0.480 e. The van der Waals surface area contributed by atoms with E-state index in [0.29, 0.717) is 25.8 Å². The van der Waals surface area contributed by atoms with E-state index in [9.17, 15) is 14.7 Å². The molecule has 0 saturated carbocycles. The zero-order valence-corrected chi connectivity index (χ0v) is 13.6. The van der Waals surface area contributed by atoms with Gasteiger partial charge in [0.15, 0.2) is 11.3 Å². The van der Waals surface area contributed by atoms with E-state index in [1.807, 2.05) is 0 Å². The number of nitrogens with one attached hydrogen (secondary N) is 1. The van der Waals surface area contributed by atoms with Crippen LogP contribution in [0.25, 0.3) is 0 Å². The first kappa shape index (κ1) is 20.1. The van der Waals surface area contributed by atoms with E-state index in [1.54, 1.807) is 7.05 Å². The minimum atomic E-state index is -1.43. The number of likely N-dealkylation sites (N-methyl/N-ethyl adjacent to an activating group) is 1. The van der Waals surface area contributed by atoms with Crippen LogP contribution in [0.3, 0.4) is 0 Å². The van der Waals surface area contributed by atoms with E-state index in [2.05, 4.69) is 12.2 Å². The second kappa shape index (κ2) is 11.7. The Bertz CT molecular complexity index is 308. The predicted octanol–water partition coefficient (Wildman–Crippen LogP) is 2.48. The second-order valence-electron chi connectivity index (χ2n) is 5.65. The number of carboxylic acids is 1. The van der Waals surface area contributed by atoms with Gasteiger partial charge in [-0.25, -0.2) is 4.79 Å². The van der Waals surface area contributed by atoms with Gasteiger partial charge in [0.25, 0.3) is 0 Å². The molecular weight excluding hydrogens is 268 g/mol. The Morgan fingerprint density at radius 2 is 1.67 bits per heavy atom. The van der Waals surface area contributed by atoms with Gasteiger partial charge >= 0.3 is 5.97 Å². The maximum atomic E-state index is 12.3. The quantitative estimate of drug-likeness (QED) is 0.338. The molecule has 5 nitrogen and oxygen atoms in total. The van der Waals surface area contributed by atoms with Crippen LogP contribution in [-0.2, 0) is 9.59 Å². The summed E-state index contributed by atoms with van der Waals surface area (Å²) in [6, 6.07) is 0. The van der Waals surface area contributed by atoms with Gasteiger partial charge in [0.1, 0.15) is 0 Å². The lowest BCUT2D eigenvalue weighted by Gasteiger charge is -2.27. The fraction of sp³-hybridized carbons (Fsp3) is 0.875. The largest absolute Gasteiger partial charge is 0.480 e. The Hall–Kier alpha value is -0.940. The summed E-state index contributed by atoms with van der Waals surface area (Å²) in [6.45, 7) is 2.68. The molecule has 0 bridgehead atoms. The summed E-state index contributed by atoms with van der Waals surface area (Å²) in [5, 5.41) is 12.2. The van der Waals surface area contributed by atoms with Gasteiger partial charge < -0.3 is 10.8 Å². The third-order valence-electron chi connectivity index (χ3n) is 4.03. The molecule has 0 aliphatic carbocycles. The highest BCUT2D eigenvalue weighted by atomic mass is 16.4. The summed E-state index contributed by atoms with van der Waals surface area (Å²) in [4.78, 5) is 23.9. The number of carbonyl (C=O) groups excluding carboxylic acids is 1. The van der Waals surface area contributed by atoms with Gasteiger partial charge in [-0.15, -0.1) is 0 Å². The van der Waals surface area contributed by atoms with Crippen molar-refractivity contribution in [3.05, 3.63) is 0 Å². The highest BCUT2D eigenvalue weighted by molar-refractivity contribution is 6.07. The molecule has 0 saturated heterocycles. The Labute approximate surface area is 128 Å². The summed E-state index contributed by atoms with van der Waals surface area (Å²) >= 11 is 0. The van der Waals surface area contributed by atoms with E-state index in [-0.39, 0.29) is 5.78 Å². The molecule has 0 aromatic rings. The molecular formula is C16H32N2O3. The molecule has 0 aliphatic heterocycles. The van der Waals surface area contributed by atoms with Crippen molar-refractivity contribution in [1.82, 2.24) is 5.32 Å². The molecule has 0 spiro atoms. The van der Waals surface area contributed by atoms with Gasteiger partial charge in [0, 0.05) is 6.42 Å². The number of Topliss-reactive ketones (excluding diaryl/α,β-unsaturated/α-hetero) is 1. The van der Waals surface area contributed by atoms with Crippen LogP contribution in [-0.4, -0.2) is 36.0 Å². The molecule has 1 atom stereocenters. The number of aliphatic carboxylic acids is 1. The molecule has 21 heavy (non-hydrogen) atoms. The second-order valence-corrected chi connectivity index (χ2v) is 5.65. The van der Waals surface area contributed by atoms with E-state index in [0.717, 1.165) is 25.7 Å². The molecule has 4 N–H and O–H groups in total. The molecule has 5 heteroatoms. The molecule has 0 amide bonds. The topological polar surface area (TPSA) is 92.4 Å². The number of unbranched alkanes of at least 4 members (excludes halogenated alkanes) is 6. The van der Waals surface area contributed by atoms with Crippen molar-refractivity contribution in [3.8, 4) is 0 Å². The SMILES string of the molecule is CCCCCCCCC(=O)[C@@](CCCCN)(NC)C(=O)O. The Kier molecular flexibility index (Phi) is 11.2. The Morgan fingerprint density at radius 3 is 2.19 bits per heavy atom. The smallest absolute Gasteiger partial charge is 0.331 e. The highest BCUT2D eigenvalue weighted by Gasteiger charge is 2.43. The zero-order valence-electron chi connectivity index (χ0n) is 13.6. The Balaban J connectivity index is 4.34. The van der Waals surface area contributed by atoms with E-state index >= 15 is 0 Å². The molecule has 0 rings (SSSR count). The summed E-state index contributed by atoms with van der Waals surface area (Å²) in [7, 11) is 1.55. The molecule has 0 aromatic carbocycles. The van der Waals surface area contributed by atoms with E-state index < -0.39 is 11.5 Å². The average Bonchev–Trinajstić information content (AvgIpc) is 2.47. The normalized spacial score (nSPS) is 13.9. The van der Waals surface area contributed by atoms with Crippen molar-refractivity contribution >= 4 is 11.8 Å². The maximum absolute atomic E-state index is 12.3. The first-order valence-corrected chi connectivity index (χ1v) is 8.20. The third kappa shape index (κ3) is 7.05. The summed E-state index contributed by atoms with van der Waals surface area (Å²) in [5.41, 5.74) is 4.00. The van der Waals surface area contributed by atoms with Crippen LogP contribution < -0.4 is 11.1 Å². The highest BCUT2D eigenvalue weighted by Crippen LogP contribution is 2.20. The zero-order chi connectivity index (χ0) is 16.1. The van der Waals surface area contributed by atoms with Crippen molar-refractivity contribution in [3.63, 3.8) is 0 Å². The molecule has 0 fully saturated rings. The van der Waals surface area contributed by atoms with Crippen molar-refractivity contribution in [2.75, 3.05) is 13.6 Å². The fourth-order valence-electron chi connectivity index (χ4n) is 2.55. The summed E-state index contributed by atoms with van der Waals surface area (Å²) in [6.07, 6.45) is 8.53. The van der Waals surface area contributed by atoms with Gasteiger partial charge in [-0.1, -0.05) is 39.0 Å². The van der Waals surface area contributed by atoms with Crippen LogP contribution in [0.2, 0.25) is 0 Å². The van der Waals surface area contributed by atoms with Crippen LogP contribution in [0, 0.1) is 0 Å². The van der Waals surface area contributed by atoms with Gasteiger partial charge in [-0.2, -0.15) is 0 Å². The van der Waals surface area contributed by atoms with Crippen molar-refractivity contribution < 1.29 is 14.7 Å². The summed E-state index contributed by atoms with van der Waals surface area (Å²) in [5.74, 6) is -1.27. The standard InChI is InChI=1S/C16H32N2O3/c1-3-4-5-6-7-8-11-14(19)16(18-2,15(20)21)12-9-10-13-17/h18H,3-13,17H2,1-2H3,(H,20,21)/t16-/m1/s1.